The highest BCUT2D eigenvalue weighted by atomic mass is 16.2. The number of pyridine rings is 1. The van der Waals surface area contributed by atoms with Crippen LogP contribution in [-0.2, 0) is 11.3 Å². The second-order valence-electron chi connectivity index (χ2n) is 9.12. The van der Waals surface area contributed by atoms with Crippen molar-refractivity contribution >= 4 is 5.91 Å². The van der Waals surface area contributed by atoms with Crippen LogP contribution < -0.4 is 5.32 Å². The van der Waals surface area contributed by atoms with Crippen LogP contribution in [0, 0.1) is 11.8 Å². The van der Waals surface area contributed by atoms with Crippen LogP contribution in [0.15, 0.2) is 24.5 Å². The molecule has 0 aliphatic carbocycles. The molecule has 0 saturated carbocycles. The third kappa shape index (κ3) is 5.32. The second kappa shape index (κ2) is 9.84. The summed E-state index contributed by atoms with van der Waals surface area (Å²) < 4.78 is 0. The quantitative estimate of drug-likeness (QED) is 0.819. The van der Waals surface area contributed by atoms with Gasteiger partial charge in [-0.2, -0.15) is 0 Å². The molecule has 3 aliphatic heterocycles. The van der Waals surface area contributed by atoms with Crippen molar-refractivity contribution in [2.45, 2.75) is 64.0 Å². The van der Waals surface area contributed by atoms with Gasteiger partial charge in [0.05, 0.1) is 0 Å². The van der Waals surface area contributed by atoms with E-state index in [-0.39, 0.29) is 0 Å². The van der Waals surface area contributed by atoms with Crippen LogP contribution in [0.2, 0.25) is 0 Å². The molecule has 0 radical (unpaired) electrons. The molecule has 1 N–H and O–H groups in total. The van der Waals surface area contributed by atoms with Crippen molar-refractivity contribution in [3.05, 3.63) is 30.1 Å². The maximum atomic E-state index is 12.6. The average molecular weight is 385 g/mol. The molecule has 4 rings (SSSR count). The van der Waals surface area contributed by atoms with Gasteiger partial charge in [-0.1, -0.05) is 18.9 Å². The van der Waals surface area contributed by atoms with E-state index in [0.717, 1.165) is 57.3 Å². The highest BCUT2D eigenvalue weighted by molar-refractivity contribution is 5.76. The summed E-state index contributed by atoms with van der Waals surface area (Å²) in [6.07, 6.45) is 13.0. The summed E-state index contributed by atoms with van der Waals surface area (Å²) in [7, 11) is 0. The molecule has 1 amide bonds. The number of aromatic nitrogens is 1. The molecule has 5 nitrogen and oxygen atoms in total. The van der Waals surface area contributed by atoms with Crippen LogP contribution in [0.5, 0.6) is 0 Å². The van der Waals surface area contributed by atoms with Crippen molar-refractivity contribution in [1.82, 2.24) is 20.1 Å². The molecular formula is C23H36N4O. The van der Waals surface area contributed by atoms with Gasteiger partial charge in [0.25, 0.3) is 0 Å². The smallest absolute Gasteiger partial charge is 0.222 e. The fourth-order valence-corrected chi connectivity index (χ4v) is 5.44. The molecule has 2 bridgehead atoms. The van der Waals surface area contributed by atoms with Gasteiger partial charge in [0.15, 0.2) is 0 Å². The summed E-state index contributed by atoms with van der Waals surface area (Å²) in [6, 6.07) is 4.79. The summed E-state index contributed by atoms with van der Waals surface area (Å²) in [4.78, 5) is 21.6. The second-order valence-corrected chi connectivity index (χ2v) is 9.12. The van der Waals surface area contributed by atoms with Gasteiger partial charge in [-0.25, -0.2) is 0 Å². The van der Waals surface area contributed by atoms with Crippen molar-refractivity contribution in [3.8, 4) is 0 Å². The number of fused-ring (bicyclic) bond motifs is 2. The number of likely N-dealkylation sites (tertiary alicyclic amines) is 2. The first-order valence-corrected chi connectivity index (χ1v) is 11.4. The van der Waals surface area contributed by atoms with Gasteiger partial charge in [0, 0.05) is 57.6 Å². The van der Waals surface area contributed by atoms with Crippen molar-refractivity contribution in [2.75, 3.05) is 32.7 Å². The minimum atomic E-state index is 0.387. The highest BCUT2D eigenvalue weighted by Gasteiger charge is 2.36. The Labute approximate surface area is 169 Å². The lowest BCUT2D eigenvalue weighted by Crippen LogP contribution is -2.55. The number of nitrogens with one attached hydrogen (secondary N) is 1. The Morgan fingerprint density at radius 1 is 1.18 bits per heavy atom. The number of carbonyl (C=O) groups excluding carboxylic acids is 1. The molecule has 0 aromatic carbocycles. The molecule has 28 heavy (non-hydrogen) atoms. The number of hydrogen-bond acceptors (Lipinski definition) is 4. The lowest BCUT2D eigenvalue weighted by molar-refractivity contribution is -0.131. The Kier molecular flexibility index (Phi) is 6.97. The van der Waals surface area contributed by atoms with Crippen LogP contribution in [0.25, 0.3) is 0 Å². The molecule has 1 aromatic rings. The van der Waals surface area contributed by atoms with Crippen LogP contribution in [-0.4, -0.2) is 59.5 Å². The number of carbonyl (C=O) groups is 1. The van der Waals surface area contributed by atoms with Gasteiger partial charge in [-0.05, 0) is 62.1 Å². The van der Waals surface area contributed by atoms with E-state index in [2.05, 4.69) is 26.2 Å². The van der Waals surface area contributed by atoms with E-state index in [9.17, 15) is 4.79 Å². The topological polar surface area (TPSA) is 48.5 Å². The zero-order valence-corrected chi connectivity index (χ0v) is 17.2. The molecule has 154 valence electrons. The SMILES string of the molecule is O=C(CCC[C@H]1NCC2CC1CN(Cc1cccnc1)C2)N1CCCCCC1. The lowest BCUT2D eigenvalue weighted by Gasteiger charge is -2.46. The summed E-state index contributed by atoms with van der Waals surface area (Å²) in [6.45, 7) is 6.47. The van der Waals surface area contributed by atoms with Crippen molar-refractivity contribution < 1.29 is 4.79 Å². The van der Waals surface area contributed by atoms with Crippen LogP contribution in [0.4, 0.5) is 0 Å². The van der Waals surface area contributed by atoms with Crippen molar-refractivity contribution in [3.63, 3.8) is 0 Å². The van der Waals surface area contributed by atoms with E-state index in [0.29, 0.717) is 11.9 Å². The van der Waals surface area contributed by atoms with E-state index in [1.54, 1.807) is 0 Å². The molecule has 4 heterocycles. The van der Waals surface area contributed by atoms with Gasteiger partial charge in [0.2, 0.25) is 5.91 Å². The Bertz CT molecular complexity index is 614. The van der Waals surface area contributed by atoms with Crippen LogP contribution >= 0.6 is 0 Å². The number of hydrogen-bond donors (Lipinski definition) is 1. The predicted molar refractivity (Wildman–Crippen MR) is 112 cm³/mol. The van der Waals surface area contributed by atoms with Gasteiger partial charge in [-0.15, -0.1) is 0 Å². The van der Waals surface area contributed by atoms with E-state index >= 15 is 0 Å². The first-order chi connectivity index (χ1) is 13.8. The first-order valence-electron chi connectivity index (χ1n) is 11.4. The van der Waals surface area contributed by atoms with E-state index < -0.39 is 0 Å². The average Bonchev–Trinajstić information content (AvgIpc) is 3.00. The molecule has 3 aliphatic rings. The minimum Gasteiger partial charge on any atom is -0.343 e. The van der Waals surface area contributed by atoms with E-state index in [4.69, 9.17) is 0 Å². The normalized spacial score (nSPS) is 28.7. The number of amides is 1. The molecule has 3 fully saturated rings. The van der Waals surface area contributed by atoms with Gasteiger partial charge in [-0.3, -0.25) is 14.7 Å². The fraction of sp³-hybridized carbons (Fsp3) is 0.739. The summed E-state index contributed by atoms with van der Waals surface area (Å²) in [5.41, 5.74) is 1.31. The summed E-state index contributed by atoms with van der Waals surface area (Å²) in [5, 5.41) is 3.80. The Hall–Kier alpha value is -1.46. The standard InChI is InChI=1S/C23H36N4O/c28-23(27-11-3-1-2-4-12-27)9-5-8-22-21-13-20(15-25-22)17-26(18-21)16-19-7-6-10-24-14-19/h6-7,10,14,20-22,25H,1-5,8-9,11-13,15-18H2/t20?,21?,22-/m1/s1. The van der Waals surface area contributed by atoms with E-state index in [1.165, 1.54) is 50.8 Å². The van der Waals surface area contributed by atoms with E-state index in [1.807, 2.05) is 18.5 Å². The molecule has 3 saturated heterocycles. The molecule has 2 unspecified atom stereocenters. The van der Waals surface area contributed by atoms with Gasteiger partial charge >= 0.3 is 0 Å². The van der Waals surface area contributed by atoms with Crippen LogP contribution in [0.1, 0.15) is 56.9 Å². The van der Waals surface area contributed by atoms with Gasteiger partial charge < -0.3 is 10.2 Å². The monoisotopic (exact) mass is 384 g/mol. The zero-order valence-electron chi connectivity index (χ0n) is 17.2. The summed E-state index contributed by atoms with van der Waals surface area (Å²) in [5.74, 6) is 1.88. The Balaban J connectivity index is 1.23. The number of piperidine rings is 2. The largest absolute Gasteiger partial charge is 0.343 e. The first kappa shape index (κ1) is 19.8. The molecule has 1 aromatic heterocycles. The highest BCUT2D eigenvalue weighted by Crippen LogP contribution is 2.31. The van der Waals surface area contributed by atoms with Crippen molar-refractivity contribution in [1.29, 1.82) is 0 Å². The summed E-state index contributed by atoms with van der Waals surface area (Å²) >= 11 is 0. The zero-order chi connectivity index (χ0) is 19.2. The van der Waals surface area contributed by atoms with Crippen molar-refractivity contribution in [2.24, 2.45) is 11.8 Å². The maximum Gasteiger partial charge on any atom is 0.222 e. The molecular weight excluding hydrogens is 348 g/mol. The predicted octanol–water partition coefficient (Wildman–Crippen LogP) is 3.06. The Morgan fingerprint density at radius 2 is 2.04 bits per heavy atom. The lowest BCUT2D eigenvalue weighted by atomic mass is 9.79. The maximum absolute atomic E-state index is 12.6. The molecule has 0 spiro atoms. The minimum absolute atomic E-state index is 0.387. The number of rotatable bonds is 6. The third-order valence-corrected chi connectivity index (χ3v) is 6.88. The molecule has 3 atom stereocenters. The fourth-order valence-electron chi connectivity index (χ4n) is 5.44. The van der Waals surface area contributed by atoms with Gasteiger partial charge in [0.1, 0.15) is 0 Å². The number of nitrogens with zero attached hydrogens (tertiary/aromatic N) is 3. The Morgan fingerprint density at radius 3 is 2.82 bits per heavy atom. The molecule has 5 heteroatoms. The third-order valence-electron chi connectivity index (χ3n) is 6.88. The van der Waals surface area contributed by atoms with Crippen LogP contribution in [0.3, 0.4) is 0 Å².